The summed E-state index contributed by atoms with van der Waals surface area (Å²) in [5.41, 5.74) is -1.11. The number of alkyl halides is 3. The molecule has 8 nitrogen and oxygen atoms in total. The summed E-state index contributed by atoms with van der Waals surface area (Å²) in [7, 11) is 0. The van der Waals surface area contributed by atoms with Gasteiger partial charge in [-0.15, -0.1) is 5.10 Å². The fourth-order valence-corrected chi connectivity index (χ4v) is 1.90. The molecule has 11 heteroatoms. The molecule has 2 heterocycles. The number of carbonyl (C=O) groups is 2. The van der Waals surface area contributed by atoms with Gasteiger partial charge in [0, 0.05) is 6.20 Å². The zero-order valence-electron chi connectivity index (χ0n) is 13.2. The number of pyridine rings is 1. The molecule has 1 amide bonds. The summed E-state index contributed by atoms with van der Waals surface area (Å²) in [6, 6.07) is 0.790. The Labute approximate surface area is 139 Å². The van der Waals surface area contributed by atoms with Crippen molar-refractivity contribution in [2.45, 2.75) is 26.1 Å². The Morgan fingerprint density at radius 3 is 2.44 bits per heavy atom. The lowest BCUT2D eigenvalue weighted by Crippen LogP contribution is -2.44. The summed E-state index contributed by atoms with van der Waals surface area (Å²) in [5.74, 6) is -2.29. The largest absolute Gasteiger partial charge is 0.480 e. The van der Waals surface area contributed by atoms with E-state index in [1.54, 1.807) is 13.8 Å². The van der Waals surface area contributed by atoms with Gasteiger partial charge in [-0.05, 0) is 18.1 Å². The molecule has 0 aliphatic heterocycles. The maximum atomic E-state index is 12.5. The van der Waals surface area contributed by atoms with E-state index in [4.69, 9.17) is 5.11 Å². The van der Waals surface area contributed by atoms with Crippen molar-refractivity contribution in [2.75, 3.05) is 0 Å². The second kappa shape index (κ2) is 6.87. The molecule has 2 N–H and O–H groups in total. The number of nitrogens with zero attached hydrogens (tertiary/aromatic N) is 4. The Morgan fingerprint density at radius 1 is 1.28 bits per heavy atom. The first kappa shape index (κ1) is 18.4. The first-order chi connectivity index (χ1) is 11.6. The van der Waals surface area contributed by atoms with Crippen LogP contribution < -0.4 is 5.32 Å². The number of hydrogen-bond donors (Lipinski definition) is 2. The molecular weight excluding hydrogens is 343 g/mol. The van der Waals surface area contributed by atoms with E-state index in [0.29, 0.717) is 6.20 Å². The van der Waals surface area contributed by atoms with Gasteiger partial charge in [-0.1, -0.05) is 19.1 Å². The van der Waals surface area contributed by atoms with E-state index in [2.05, 4.69) is 20.6 Å². The Bertz CT molecular complexity index is 771. The standard InChI is InChI=1S/C14H14F3N5O3/c1-7(2)11(13(24)25)19-12(23)9-6-22(21-20-9)10-4-3-8(5-18-10)14(15,16)17/h3-7,11H,1-2H3,(H,19,23)(H,24,25). The van der Waals surface area contributed by atoms with E-state index in [1.165, 1.54) is 0 Å². The van der Waals surface area contributed by atoms with E-state index in [0.717, 1.165) is 23.0 Å². The normalized spacial score (nSPS) is 12.9. The third-order valence-electron chi connectivity index (χ3n) is 3.26. The predicted molar refractivity (Wildman–Crippen MR) is 77.9 cm³/mol. The fraction of sp³-hybridized carbons (Fsp3) is 0.357. The molecule has 0 saturated carbocycles. The molecule has 0 fully saturated rings. The number of aromatic nitrogens is 4. The molecule has 1 atom stereocenters. The molecule has 1 unspecified atom stereocenters. The lowest BCUT2D eigenvalue weighted by molar-refractivity contribution is -0.140. The van der Waals surface area contributed by atoms with Gasteiger partial charge in [-0.3, -0.25) is 4.79 Å². The third-order valence-corrected chi connectivity index (χ3v) is 3.26. The fourth-order valence-electron chi connectivity index (χ4n) is 1.90. The molecule has 0 spiro atoms. The highest BCUT2D eigenvalue weighted by Crippen LogP contribution is 2.28. The number of nitrogens with one attached hydrogen (secondary N) is 1. The molecule has 0 bridgehead atoms. The number of halogens is 3. The first-order valence-corrected chi connectivity index (χ1v) is 7.09. The van der Waals surface area contributed by atoms with Crippen molar-refractivity contribution >= 4 is 11.9 Å². The summed E-state index contributed by atoms with van der Waals surface area (Å²) >= 11 is 0. The minimum atomic E-state index is -4.51. The molecular formula is C14H14F3N5O3. The summed E-state index contributed by atoms with van der Waals surface area (Å²) < 4.78 is 38.5. The van der Waals surface area contributed by atoms with Gasteiger partial charge in [0.1, 0.15) is 6.04 Å². The van der Waals surface area contributed by atoms with Crippen molar-refractivity contribution in [3.63, 3.8) is 0 Å². The van der Waals surface area contributed by atoms with Gasteiger partial charge >= 0.3 is 12.1 Å². The highest BCUT2D eigenvalue weighted by molar-refractivity contribution is 5.94. The van der Waals surface area contributed by atoms with Crippen molar-refractivity contribution in [1.29, 1.82) is 0 Å². The van der Waals surface area contributed by atoms with Crippen LogP contribution in [0.3, 0.4) is 0 Å². The number of hydrogen-bond acceptors (Lipinski definition) is 5. The predicted octanol–water partition coefficient (Wildman–Crippen LogP) is 1.52. The number of carbonyl (C=O) groups excluding carboxylic acids is 1. The SMILES string of the molecule is CC(C)C(NC(=O)c1cn(-c2ccc(C(F)(F)F)cn2)nn1)C(=O)O. The van der Waals surface area contributed by atoms with Crippen LogP contribution in [0.5, 0.6) is 0 Å². The molecule has 0 aromatic carbocycles. The van der Waals surface area contributed by atoms with Gasteiger partial charge in [0.2, 0.25) is 0 Å². The molecule has 2 aromatic rings. The van der Waals surface area contributed by atoms with Crippen LogP contribution in [-0.4, -0.2) is 43.0 Å². The number of rotatable bonds is 5. The monoisotopic (exact) mass is 357 g/mol. The first-order valence-electron chi connectivity index (χ1n) is 7.09. The second-order valence-electron chi connectivity index (χ2n) is 5.48. The van der Waals surface area contributed by atoms with E-state index in [1.807, 2.05) is 0 Å². The molecule has 134 valence electrons. The Morgan fingerprint density at radius 2 is 1.96 bits per heavy atom. The number of carboxylic acids is 1. The maximum absolute atomic E-state index is 12.5. The van der Waals surface area contributed by atoms with E-state index < -0.39 is 29.7 Å². The van der Waals surface area contributed by atoms with E-state index in [9.17, 15) is 22.8 Å². The zero-order valence-corrected chi connectivity index (χ0v) is 13.2. The zero-order chi connectivity index (χ0) is 18.8. The lowest BCUT2D eigenvalue weighted by atomic mass is 10.0. The third kappa shape index (κ3) is 4.31. The van der Waals surface area contributed by atoms with Gasteiger partial charge in [0.05, 0.1) is 11.8 Å². The van der Waals surface area contributed by atoms with E-state index >= 15 is 0 Å². The second-order valence-corrected chi connectivity index (χ2v) is 5.48. The smallest absolute Gasteiger partial charge is 0.417 e. The van der Waals surface area contributed by atoms with E-state index in [-0.39, 0.29) is 17.4 Å². The molecule has 25 heavy (non-hydrogen) atoms. The molecule has 0 radical (unpaired) electrons. The van der Waals surface area contributed by atoms with Crippen molar-refractivity contribution in [2.24, 2.45) is 5.92 Å². The molecule has 0 saturated heterocycles. The topological polar surface area (TPSA) is 110 Å². The van der Waals surface area contributed by atoms with Crippen LogP contribution in [-0.2, 0) is 11.0 Å². The van der Waals surface area contributed by atoms with Crippen LogP contribution >= 0.6 is 0 Å². The van der Waals surface area contributed by atoms with Gasteiger partial charge < -0.3 is 10.4 Å². The average Bonchev–Trinajstić information content (AvgIpc) is 3.01. The van der Waals surface area contributed by atoms with Crippen LogP contribution in [0.1, 0.15) is 29.9 Å². The number of amides is 1. The van der Waals surface area contributed by atoms with Gasteiger partial charge in [-0.2, -0.15) is 13.2 Å². The Kier molecular flexibility index (Phi) is 5.04. The number of carboxylic acid groups (broad SMARTS) is 1. The lowest BCUT2D eigenvalue weighted by Gasteiger charge is -2.16. The molecule has 0 aliphatic carbocycles. The minimum Gasteiger partial charge on any atom is -0.480 e. The van der Waals surface area contributed by atoms with Crippen LogP contribution in [0.15, 0.2) is 24.5 Å². The van der Waals surface area contributed by atoms with Crippen LogP contribution in [0, 0.1) is 5.92 Å². The van der Waals surface area contributed by atoms with Crippen LogP contribution in [0.4, 0.5) is 13.2 Å². The van der Waals surface area contributed by atoms with Crippen LogP contribution in [0.2, 0.25) is 0 Å². The highest BCUT2D eigenvalue weighted by atomic mass is 19.4. The van der Waals surface area contributed by atoms with Gasteiger partial charge in [0.25, 0.3) is 5.91 Å². The molecule has 2 aromatic heterocycles. The summed E-state index contributed by atoms with van der Waals surface area (Å²) in [6.45, 7) is 3.25. The molecule has 0 aliphatic rings. The summed E-state index contributed by atoms with van der Waals surface area (Å²) in [5, 5.41) is 18.6. The average molecular weight is 357 g/mol. The van der Waals surface area contributed by atoms with Crippen molar-refractivity contribution < 1.29 is 27.9 Å². The Balaban J connectivity index is 2.16. The summed E-state index contributed by atoms with van der Waals surface area (Å²) in [4.78, 5) is 26.7. The quantitative estimate of drug-likeness (QED) is 0.840. The van der Waals surface area contributed by atoms with Gasteiger partial charge in [0.15, 0.2) is 11.5 Å². The minimum absolute atomic E-state index is 0.0261. The van der Waals surface area contributed by atoms with Crippen LogP contribution in [0.25, 0.3) is 5.82 Å². The van der Waals surface area contributed by atoms with Gasteiger partial charge in [-0.25, -0.2) is 14.5 Å². The van der Waals surface area contributed by atoms with Crippen molar-refractivity contribution in [1.82, 2.24) is 25.3 Å². The highest BCUT2D eigenvalue weighted by Gasteiger charge is 2.31. The maximum Gasteiger partial charge on any atom is 0.417 e. The van der Waals surface area contributed by atoms with Crippen molar-refractivity contribution in [3.8, 4) is 5.82 Å². The Hall–Kier alpha value is -2.98. The van der Waals surface area contributed by atoms with Crippen molar-refractivity contribution in [3.05, 3.63) is 35.8 Å². The number of aliphatic carboxylic acids is 1. The molecule has 2 rings (SSSR count). The summed E-state index contributed by atoms with van der Waals surface area (Å²) in [6.07, 6.45) is -2.73.